The maximum atomic E-state index is 14.3. The van der Waals surface area contributed by atoms with E-state index in [-0.39, 0.29) is 29.7 Å². The SMILES string of the molecule is CC(=O)OC[C@]12[C@H](OC(C)=O)[C@H](OC(C)=O)[C@@H]3[C@@H](OC(C)=O)[C@]14O[C@@]3(C)COC(=O)c1cccnc1CC[C@H](C)C(=O)O[C@@H]([C@@H](OC(=O)c1ccoc1)[C@@H]2OC(C)=O)[C@]4(C)O. The molecule has 4 heterocycles. The van der Waals surface area contributed by atoms with Gasteiger partial charge < -0.3 is 52.2 Å². The van der Waals surface area contributed by atoms with Crippen molar-refractivity contribution in [1.82, 2.24) is 4.98 Å². The highest BCUT2D eigenvalue weighted by Gasteiger charge is 2.92. The minimum absolute atomic E-state index is 0.0163. The maximum Gasteiger partial charge on any atom is 0.341 e. The van der Waals surface area contributed by atoms with Crippen molar-refractivity contribution in [2.24, 2.45) is 17.3 Å². The highest BCUT2D eigenvalue weighted by molar-refractivity contribution is 5.91. The van der Waals surface area contributed by atoms with E-state index in [1.165, 1.54) is 38.2 Å². The van der Waals surface area contributed by atoms with E-state index in [2.05, 4.69) is 4.98 Å². The van der Waals surface area contributed by atoms with Crippen molar-refractivity contribution in [3.05, 3.63) is 53.7 Å². The molecule has 2 aliphatic heterocycles. The van der Waals surface area contributed by atoms with E-state index in [9.17, 15) is 43.5 Å². The number of carbonyl (C=O) groups excluding carboxylic acids is 8. The van der Waals surface area contributed by atoms with Crippen molar-refractivity contribution in [3.63, 3.8) is 0 Å². The quantitative estimate of drug-likeness (QED) is 0.293. The number of cyclic esters (lactones) is 1. The van der Waals surface area contributed by atoms with Gasteiger partial charge in [0.05, 0.1) is 34.9 Å². The molecule has 0 unspecified atom stereocenters. The zero-order chi connectivity index (χ0) is 44.8. The van der Waals surface area contributed by atoms with Gasteiger partial charge in [-0.3, -0.25) is 33.8 Å². The molecule has 2 aliphatic carbocycles. The molecule has 20 nitrogen and oxygen atoms in total. The van der Waals surface area contributed by atoms with Crippen molar-refractivity contribution in [3.8, 4) is 0 Å². The smallest absolute Gasteiger partial charge is 0.341 e. The predicted octanol–water partition coefficient (Wildman–Crippen LogP) is 1.75. The second-order valence-corrected chi connectivity index (χ2v) is 16.1. The predicted molar refractivity (Wildman–Crippen MR) is 197 cm³/mol. The van der Waals surface area contributed by atoms with Gasteiger partial charge in [-0.25, -0.2) is 9.59 Å². The second kappa shape index (κ2) is 16.5. The molecule has 20 heteroatoms. The number of hydrogen-bond acceptors (Lipinski definition) is 20. The van der Waals surface area contributed by atoms with Gasteiger partial charge in [-0.05, 0) is 44.9 Å². The number of esters is 8. The Labute approximate surface area is 348 Å². The zero-order valence-corrected chi connectivity index (χ0v) is 34.7. The van der Waals surface area contributed by atoms with Crippen molar-refractivity contribution in [2.75, 3.05) is 13.2 Å². The minimum Gasteiger partial charge on any atom is -0.472 e. The molecule has 3 fully saturated rings. The number of aryl methyl sites for hydroxylation is 1. The summed E-state index contributed by atoms with van der Waals surface area (Å²) in [5, 5.41) is 13.6. The van der Waals surface area contributed by atoms with Crippen LogP contribution in [0.4, 0.5) is 0 Å². The van der Waals surface area contributed by atoms with E-state index in [0.717, 1.165) is 54.1 Å². The summed E-state index contributed by atoms with van der Waals surface area (Å²) in [6.07, 6.45) is -8.59. The van der Waals surface area contributed by atoms with E-state index < -0.39 is 132 Å². The number of hydrogen-bond donors (Lipinski definition) is 1. The molecule has 0 aromatic carbocycles. The van der Waals surface area contributed by atoms with E-state index in [1.54, 1.807) is 0 Å². The Morgan fingerprint density at radius 1 is 0.836 bits per heavy atom. The highest BCUT2D eigenvalue weighted by Crippen LogP contribution is 2.70. The van der Waals surface area contributed by atoms with Crippen LogP contribution in [-0.2, 0) is 77.8 Å². The molecule has 1 spiro atoms. The summed E-state index contributed by atoms with van der Waals surface area (Å²) in [5.74, 6) is -10.8. The van der Waals surface area contributed by atoms with E-state index >= 15 is 0 Å². The lowest BCUT2D eigenvalue weighted by atomic mass is 9.45. The summed E-state index contributed by atoms with van der Waals surface area (Å²) in [4.78, 5) is 113. The largest absolute Gasteiger partial charge is 0.472 e. The molecule has 330 valence electrons. The molecule has 2 aromatic rings. The van der Waals surface area contributed by atoms with Crippen LogP contribution in [-0.4, -0.2) is 124 Å². The lowest BCUT2D eigenvalue weighted by molar-refractivity contribution is -0.386. The first-order valence-electron chi connectivity index (χ1n) is 19.4. The third-order valence-electron chi connectivity index (χ3n) is 11.8. The second-order valence-electron chi connectivity index (χ2n) is 16.1. The van der Waals surface area contributed by atoms with Gasteiger partial charge in [-0.1, -0.05) is 6.92 Å². The maximum absolute atomic E-state index is 14.3. The van der Waals surface area contributed by atoms with Crippen LogP contribution in [0.2, 0.25) is 0 Å². The van der Waals surface area contributed by atoms with Gasteiger partial charge in [0, 0.05) is 40.8 Å². The van der Waals surface area contributed by atoms with Crippen LogP contribution in [0.25, 0.3) is 0 Å². The Morgan fingerprint density at radius 3 is 2.05 bits per heavy atom. The first-order valence-corrected chi connectivity index (χ1v) is 19.4. The fraction of sp³-hybridized carbons (Fsp3) is 0.585. The number of ether oxygens (including phenoxy) is 9. The molecule has 6 rings (SSSR count). The number of rotatable bonds is 8. The van der Waals surface area contributed by atoms with Crippen molar-refractivity contribution >= 4 is 47.8 Å². The van der Waals surface area contributed by atoms with Crippen molar-refractivity contribution in [2.45, 2.75) is 122 Å². The molecule has 0 amide bonds. The van der Waals surface area contributed by atoms with Crippen LogP contribution in [0.15, 0.2) is 41.3 Å². The fourth-order valence-electron chi connectivity index (χ4n) is 9.54. The third kappa shape index (κ3) is 7.59. The molecule has 4 aliphatic rings. The fourth-order valence-corrected chi connectivity index (χ4v) is 9.54. The molecule has 0 radical (unpaired) electrons. The van der Waals surface area contributed by atoms with Gasteiger partial charge in [0.25, 0.3) is 0 Å². The van der Waals surface area contributed by atoms with Gasteiger partial charge in [0.1, 0.15) is 48.3 Å². The van der Waals surface area contributed by atoms with E-state index in [1.807, 2.05) is 0 Å². The third-order valence-corrected chi connectivity index (χ3v) is 11.8. The molecule has 4 bridgehead atoms. The normalized spacial score (nSPS) is 35.4. The number of aromatic nitrogens is 1. The van der Waals surface area contributed by atoms with Crippen molar-refractivity contribution < 1.29 is 90.5 Å². The molecule has 12 atom stereocenters. The Bertz CT molecular complexity index is 2100. The van der Waals surface area contributed by atoms with Crippen LogP contribution in [0.5, 0.6) is 0 Å². The lowest BCUT2D eigenvalue weighted by Crippen LogP contribution is -2.89. The topological polar surface area (TPSA) is 266 Å². The van der Waals surface area contributed by atoms with Gasteiger partial charge in [-0.15, -0.1) is 0 Å². The standard InChI is InChI=1S/C41H47NO19/c1-19-11-12-27-26(10-9-14-42-27)37(50)54-17-38(7)28-29(55-21(3)44)33(57-23(5)46)40(18-53-20(2)43)34(58-24(6)47)30(59-36(49)25-13-15-52-16-25)32(60-35(19)48)39(8,51)41(40,61-38)31(28)56-22(4)45/h9-10,13-16,19,28-34,51H,11-12,17-18H2,1-8H3/t19-,28+,29+,30+,31+,32-,33+,34-,38-,39-,40+,41+/m0/s1. The molecular weight excluding hydrogens is 810 g/mol. The van der Waals surface area contributed by atoms with E-state index in [4.69, 9.17) is 47.0 Å². The summed E-state index contributed by atoms with van der Waals surface area (Å²) in [6, 6.07) is 4.17. The van der Waals surface area contributed by atoms with Gasteiger partial charge >= 0.3 is 47.8 Å². The molecule has 1 saturated heterocycles. The van der Waals surface area contributed by atoms with Crippen LogP contribution in [0, 0.1) is 17.3 Å². The zero-order valence-electron chi connectivity index (χ0n) is 34.7. The number of carbonyl (C=O) groups is 8. The average molecular weight is 858 g/mol. The van der Waals surface area contributed by atoms with Gasteiger partial charge in [0.2, 0.25) is 0 Å². The summed E-state index contributed by atoms with van der Waals surface area (Å²) in [7, 11) is 0. The number of furan rings is 1. The first kappa shape index (κ1) is 44.7. The van der Waals surface area contributed by atoms with Crippen LogP contribution in [0.1, 0.15) is 88.2 Å². The molecule has 1 N–H and O–H groups in total. The lowest BCUT2D eigenvalue weighted by Gasteiger charge is -2.67. The summed E-state index contributed by atoms with van der Waals surface area (Å²) in [6.45, 7) is 7.05. The summed E-state index contributed by atoms with van der Waals surface area (Å²) in [5.41, 5.74) is -10.3. The van der Waals surface area contributed by atoms with E-state index in [0.29, 0.717) is 0 Å². The van der Waals surface area contributed by atoms with Gasteiger partial charge in [-0.2, -0.15) is 0 Å². The molecule has 2 aromatic heterocycles. The van der Waals surface area contributed by atoms with Crippen LogP contribution in [0.3, 0.4) is 0 Å². The van der Waals surface area contributed by atoms with Crippen molar-refractivity contribution in [1.29, 1.82) is 0 Å². The Balaban J connectivity index is 1.77. The van der Waals surface area contributed by atoms with Gasteiger partial charge in [0.15, 0.2) is 30.0 Å². The Morgan fingerprint density at radius 2 is 1.46 bits per heavy atom. The minimum atomic E-state index is -2.87. The highest BCUT2D eigenvalue weighted by atomic mass is 16.7. The molecule has 61 heavy (non-hydrogen) atoms. The summed E-state index contributed by atoms with van der Waals surface area (Å²) >= 11 is 0. The van der Waals surface area contributed by atoms with Crippen LogP contribution < -0.4 is 0 Å². The number of fused-ring (bicyclic) bond motifs is 5. The molecular formula is C41H47NO19. The number of nitrogens with zero attached hydrogens (tertiary/aromatic N) is 1. The first-order chi connectivity index (χ1) is 28.6. The molecule has 2 saturated carbocycles. The monoisotopic (exact) mass is 857 g/mol. The number of pyridine rings is 1. The Hall–Kier alpha value is -5.89. The summed E-state index contributed by atoms with van der Waals surface area (Å²) < 4.78 is 60.1. The van der Waals surface area contributed by atoms with Crippen LogP contribution >= 0.6 is 0 Å². The number of aliphatic hydroxyl groups is 1. The average Bonchev–Trinajstić information content (AvgIpc) is 3.79. The Kier molecular flexibility index (Phi) is 12.1.